The molecule has 1 amide bonds. The first-order valence-corrected chi connectivity index (χ1v) is 6.17. The molecule has 0 aromatic carbocycles. The first-order valence-electron chi connectivity index (χ1n) is 6.17. The second kappa shape index (κ2) is 4.55. The van der Waals surface area contributed by atoms with Crippen molar-refractivity contribution in [2.75, 3.05) is 18.5 Å². The minimum absolute atomic E-state index is 0.0792. The standard InChI is InChI=1S/C13H15N3O3/c1-8-15-10(7-19-8)16-5-3-9-4-6-18-12(9)11(14-2)13(16)17/h4,6-7,11,14H,3,5H2,1-2H3. The van der Waals surface area contributed by atoms with E-state index in [2.05, 4.69) is 10.3 Å². The van der Waals surface area contributed by atoms with Crippen molar-refractivity contribution in [2.45, 2.75) is 19.4 Å². The van der Waals surface area contributed by atoms with Crippen molar-refractivity contribution in [3.63, 3.8) is 0 Å². The van der Waals surface area contributed by atoms with E-state index in [0.717, 1.165) is 12.0 Å². The predicted octanol–water partition coefficient (Wildman–Crippen LogP) is 1.43. The predicted molar refractivity (Wildman–Crippen MR) is 67.8 cm³/mol. The van der Waals surface area contributed by atoms with Crippen molar-refractivity contribution in [2.24, 2.45) is 0 Å². The van der Waals surface area contributed by atoms with Gasteiger partial charge in [-0.1, -0.05) is 0 Å². The van der Waals surface area contributed by atoms with Gasteiger partial charge < -0.3 is 14.2 Å². The number of hydrogen-bond acceptors (Lipinski definition) is 5. The molecule has 0 aliphatic carbocycles. The van der Waals surface area contributed by atoms with Gasteiger partial charge in [0.2, 0.25) is 0 Å². The zero-order valence-corrected chi connectivity index (χ0v) is 10.8. The summed E-state index contributed by atoms with van der Waals surface area (Å²) in [5.74, 6) is 1.71. The van der Waals surface area contributed by atoms with E-state index in [1.807, 2.05) is 6.07 Å². The number of fused-ring (bicyclic) bond motifs is 1. The van der Waals surface area contributed by atoms with Crippen molar-refractivity contribution in [1.29, 1.82) is 0 Å². The van der Waals surface area contributed by atoms with E-state index in [4.69, 9.17) is 8.83 Å². The van der Waals surface area contributed by atoms with Gasteiger partial charge in [-0.2, -0.15) is 4.98 Å². The average molecular weight is 261 g/mol. The second-order valence-electron chi connectivity index (χ2n) is 4.50. The Morgan fingerprint density at radius 1 is 1.47 bits per heavy atom. The van der Waals surface area contributed by atoms with Gasteiger partial charge in [-0.25, -0.2) is 0 Å². The number of nitrogens with one attached hydrogen (secondary N) is 1. The summed E-state index contributed by atoms with van der Waals surface area (Å²) in [6.45, 7) is 2.32. The fourth-order valence-corrected chi connectivity index (χ4v) is 2.38. The highest BCUT2D eigenvalue weighted by Crippen LogP contribution is 2.28. The van der Waals surface area contributed by atoms with E-state index in [1.54, 1.807) is 25.1 Å². The van der Waals surface area contributed by atoms with Gasteiger partial charge in [0.1, 0.15) is 18.1 Å². The summed E-state index contributed by atoms with van der Waals surface area (Å²) in [5.41, 5.74) is 1.05. The maximum absolute atomic E-state index is 12.6. The van der Waals surface area contributed by atoms with E-state index in [-0.39, 0.29) is 5.91 Å². The van der Waals surface area contributed by atoms with Gasteiger partial charge >= 0.3 is 0 Å². The molecular weight excluding hydrogens is 246 g/mol. The van der Waals surface area contributed by atoms with Crippen molar-refractivity contribution in [3.8, 4) is 0 Å². The Morgan fingerprint density at radius 3 is 3.00 bits per heavy atom. The van der Waals surface area contributed by atoms with E-state index < -0.39 is 6.04 Å². The van der Waals surface area contributed by atoms with Crippen LogP contribution in [-0.4, -0.2) is 24.5 Å². The monoisotopic (exact) mass is 261 g/mol. The number of carbonyl (C=O) groups excluding carboxylic acids is 1. The third-order valence-electron chi connectivity index (χ3n) is 3.33. The van der Waals surface area contributed by atoms with Gasteiger partial charge in [-0.15, -0.1) is 0 Å². The lowest BCUT2D eigenvalue weighted by atomic mass is 10.1. The minimum Gasteiger partial charge on any atom is -0.467 e. The Kier molecular flexibility index (Phi) is 2.87. The molecule has 3 heterocycles. The number of amides is 1. The molecule has 1 unspecified atom stereocenters. The summed E-state index contributed by atoms with van der Waals surface area (Å²) in [7, 11) is 1.74. The number of aromatic nitrogens is 1. The second-order valence-corrected chi connectivity index (χ2v) is 4.50. The summed E-state index contributed by atoms with van der Waals surface area (Å²) in [6.07, 6.45) is 3.87. The molecule has 0 saturated heterocycles. The third kappa shape index (κ3) is 1.94. The Bertz CT molecular complexity index is 602. The number of carbonyl (C=O) groups is 1. The highest BCUT2D eigenvalue weighted by Gasteiger charge is 2.34. The van der Waals surface area contributed by atoms with Crippen LogP contribution in [0.3, 0.4) is 0 Å². The quantitative estimate of drug-likeness (QED) is 0.885. The SMILES string of the molecule is CNC1C(=O)N(c2coc(C)n2)CCc2ccoc21. The van der Waals surface area contributed by atoms with Gasteiger partial charge in [-0.05, 0) is 25.1 Å². The highest BCUT2D eigenvalue weighted by molar-refractivity contribution is 5.97. The average Bonchev–Trinajstić information content (AvgIpc) is 2.98. The number of rotatable bonds is 2. The minimum atomic E-state index is -0.482. The zero-order chi connectivity index (χ0) is 13.4. The van der Waals surface area contributed by atoms with Crippen molar-refractivity contribution < 1.29 is 13.6 Å². The molecule has 1 aliphatic heterocycles. The lowest BCUT2D eigenvalue weighted by molar-refractivity contribution is -0.120. The van der Waals surface area contributed by atoms with Crippen LogP contribution in [0.15, 0.2) is 27.4 Å². The molecule has 6 heteroatoms. The van der Waals surface area contributed by atoms with Crippen LogP contribution in [0, 0.1) is 6.92 Å². The first-order chi connectivity index (χ1) is 9.20. The maximum atomic E-state index is 12.6. The molecule has 2 aromatic rings. The lowest BCUT2D eigenvalue weighted by Gasteiger charge is -2.21. The summed E-state index contributed by atoms with van der Waals surface area (Å²) < 4.78 is 10.6. The Hall–Kier alpha value is -2.08. The fourth-order valence-electron chi connectivity index (χ4n) is 2.38. The van der Waals surface area contributed by atoms with E-state index in [9.17, 15) is 4.79 Å². The number of likely N-dealkylation sites (N-methyl/N-ethyl adjacent to an activating group) is 1. The smallest absolute Gasteiger partial charge is 0.253 e. The normalized spacial score (nSPS) is 19.4. The Morgan fingerprint density at radius 2 is 2.32 bits per heavy atom. The largest absolute Gasteiger partial charge is 0.467 e. The van der Waals surface area contributed by atoms with Crippen LogP contribution in [0.25, 0.3) is 0 Å². The van der Waals surface area contributed by atoms with Crippen molar-refractivity contribution in [3.05, 3.63) is 35.8 Å². The topological polar surface area (TPSA) is 71.5 Å². The van der Waals surface area contributed by atoms with Gasteiger partial charge in [-0.3, -0.25) is 9.69 Å². The Labute approximate surface area is 110 Å². The molecule has 100 valence electrons. The van der Waals surface area contributed by atoms with Crippen molar-refractivity contribution >= 4 is 11.7 Å². The van der Waals surface area contributed by atoms with Gasteiger partial charge in [0.15, 0.2) is 11.7 Å². The summed E-state index contributed by atoms with van der Waals surface area (Å²) >= 11 is 0. The molecule has 1 aliphatic rings. The number of furan rings is 1. The van der Waals surface area contributed by atoms with Crippen LogP contribution in [0.4, 0.5) is 5.82 Å². The van der Waals surface area contributed by atoms with Crippen LogP contribution in [0.1, 0.15) is 23.3 Å². The van der Waals surface area contributed by atoms with Crippen LogP contribution in [0.5, 0.6) is 0 Å². The van der Waals surface area contributed by atoms with Crippen LogP contribution in [-0.2, 0) is 11.2 Å². The molecule has 1 N–H and O–H groups in total. The van der Waals surface area contributed by atoms with Gasteiger partial charge in [0.05, 0.1) is 6.26 Å². The van der Waals surface area contributed by atoms with E-state index in [1.165, 1.54) is 6.26 Å². The first kappa shape index (κ1) is 12.0. The molecular formula is C13H15N3O3. The summed E-state index contributed by atoms with van der Waals surface area (Å²) in [6, 6.07) is 1.43. The number of nitrogens with zero attached hydrogens (tertiary/aromatic N) is 2. The Balaban J connectivity index is 1.98. The molecule has 2 aromatic heterocycles. The zero-order valence-electron chi connectivity index (χ0n) is 10.8. The highest BCUT2D eigenvalue weighted by atomic mass is 16.3. The molecule has 6 nitrogen and oxygen atoms in total. The molecule has 0 saturated carbocycles. The number of aryl methyl sites for hydroxylation is 1. The molecule has 0 bridgehead atoms. The number of hydrogen-bond donors (Lipinski definition) is 1. The molecule has 0 radical (unpaired) electrons. The molecule has 0 spiro atoms. The van der Waals surface area contributed by atoms with E-state index in [0.29, 0.717) is 24.0 Å². The third-order valence-corrected chi connectivity index (χ3v) is 3.33. The summed E-state index contributed by atoms with van der Waals surface area (Å²) in [5, 5.41) is 3.00. The molecule has 0 fully saturated rings. The lowest BCUT2D eigenvalue weighted by Crippen LogP contribution is -2.39. The van der Waals surface area contributed by atoms with Crippen LogP contribution < -0.4 is 10.2 Å². The summed E-state index contributed by atoms with van der Waals surface area (Å²) in [4.78, 5) is 18.4. The van der Waals surface area contributed by atoms with Gasteiger partial charge in [0, 0.05) is 13.5 Å². The molecule has 3 rings (SSSR count). The van der Waals surface area contributed by atoms with E-state index >= 15 is 0 Å². The van der Waals surface area contributed by atoms with Gasteiger partial charge in [0.25, 0.3) is 5.91 Å². The van der Waals surface area contributed by atoms with Crippen LogP contribution >= 0.6 is 0 Å². The fraction of sp³-hybridized carbons (Fsp3) is 0.385. The molecule has 19 heavy (non-hydrogen) atoms. The maximum Gasteiger partial charge on any atom is 0.253 e. The number of oxazole rings is 1. The van der Waals surface area contributed by atoms with Crippen molar-refractivity contribution in [1.82, 2.24) is 10.3 Å². The van der Waals surface area contributed by atoms with Crippen LogP contribution in [0.2, 0.25) is 0 Å². The molecule has 1 atom stereocenters. The number of anilines is 1.